The van der Waals surface area contributed by atoms with Gasteiger partial charge in [-0.05, 0) is 70.5 Å². The zero-order valence-corrected chi connectivity index (χ0v) is 17.8. The minimum absolute atomic E-state index is 0.683. The number of H-pyrrole nitrogens is 4. The Morgan fingerprint density at radius 2 is 1.09 bits per heavy atom. The van der Waals surface area contributed by atoms with E-state index >= 15 is 0 Å². The van der Waals surface area contributed by atoms with E-state index < -0.39 is 0 Å². The minimum Gasteiger partial charge on any atom is -0.281 e. The van der Waals surface area contributed by atoms with Gasteiger partial charge < -0.3 is 0 Å². The molecule has 3 rings (SSSR count). The Hall–Kier alpha value is 0.180. The van der Waals surface area contributed by atoms with E-state index in [0.29, 0.717) is 15.8 Å². The highest BCUT2D eigenvalue weighted by atomic mass is 33.1. The van der Waals surface area contributed by atoms with Crippen LogP contribution in [0.1, 0.15) is 0 Å². The van der Waals surface area contributed by atoms with Crippen molar-refractivity contribution in [2.75, 3.05) is 0 Å². The standard InChI is InChI=1S/C4H2N4S6.C2H2N2S3.H2O2/c9-1-5-7-3(11-1)13-14-4-8-6-2(10)12-4;5-1-3-4-2(6)7-1;1-2/h(H,5,9)(H,6,10);(H,3,5)(H,4,6);1-2H. The molecule has 0 atom stereocenters. The summed E-state index contributed by atoms with van der Waals surface area (Å²) in [5, 5.41) is 30.8. The van der Waals surface area contributed by atoms with Crippen LogP contribution in [0, 0.1) is 15.8 Å². The summed E-state index contributed by atoms with van der Waals surface area (Å²) in [7, 11) is 3.03. The van der Waals surface area contributed by atoms with Crippen molar-refractivity contribution in [3.63, 3.8) is 0 Å². The number of rotatable bonds is 3. The van der Waals surface area contributed by atoms with Crippen molar-refractivity contribution >= 4 is 104 Å². The first-order chi connectivity index (χ1) is 11.0. The van der Waals surface area contributed by atoms with Crippen LogP contribution in [0.3, 0.4) is 0 Å². The Morgan fingerprint density at radius 1 is 0.696 bits per heavy atom. The van der Waals surface area contributed by atoms with Crippen LogP contribution in [0.5, 0.6) is 0 Å². The molecule has 0 saturated carbocycles. The molecule has 0 aliphatic rings. The van der Waals surface area contributed by atoms with Gasteiger partial charge in [0.2, 0.25) is 0 Å². The highest BCUT2D eigenvalue weighted by Gasteiger charge is 2.03. The number of nitrogens with one attached hydrogen (secondary N) is 4. The molecule has 17 heteroatoms. The van der Waals surface area contributed by atoms with Crippen LogP contribution in [-0.4, -0.2) is 41.1 Å². The van der Waals surface area contributed by atoms with Crippen molar-refractivity contribution in [1.29, 1.82) is 0 Å². The van der Waals surface area contributed by atoms with Gasteiger partial charge in [-0.1, -0.05) is 34.0 Å². The maximum absolute atomic E-state index is 6.00. The summed E-state index contributed by atoms with van der Waals surface area (Å²) in [6.07, 6.45) is 0. The molecule has 0 aliphatic carbocycles. The monoisotopic (exact) mass is 482 g/mol. The van der Waals surface area contributed by atoms with Crippen LogP contribution >= 0.6 is 104 Å². The number of hydrogen-bond acceptors (Lipinski definition) is 13. The highest BCUT2D eigenvalue weighted by molar-refractivity contribution is 8.77. The van der Waals surface area contributed by atoms with Crippen molar-refractivity contribution in [2.45, 2.75) is 8.68 Å². The first-order valence-electron chi connectivity index (χ1n) is 4.96. The smallest absolute Gasteiger partial charge is 0.183 e. The van der Waals surface area contributed by atoms with Gasteiger partial charge in [-0.3, -0.25) is 30.9 Å². The van der Waals surface area contributed by atoms with Gasteiger partial charge in [-0.25, -0.2) is 0 Å². The summed E-state index contributed by atoms with van der Waals surface area (Å²) < 4.78 is 4.54. The molecule has 23 heavy (non-hydrogen) atoms. The Morgan fingerprint density at radius 3 is 1.30 bits per heavy atom. The fourth-order valence-corrected chi connectivity index (χ4v) is 6.47. The van der Waals surface area contributed by atoms with Gasteiger partial charge in [0.05, 0.1) is 0 Å². The van der Waals surface area contributed by atoms with Gasteiger partial charge in [-0.15, -0.1) is 0 Å². The number of aromatic amines is 4. The van der Waals surface area contributed by atoms with Crippen molar-refractivity contribution < 1.29 is 10.5 Å². The summed E-state index contributed by atoms with van der Waals surface area (Å²) in [6.45, 7) is 0. The molecule has 3 aromatic heterocycles. The SMILES string of the molecule is OO.S=c1[nH][nH]c(=S)s1.S=c1[nH]nc(SSc2n[nH]c(=S)s2)s1. The normalized spacial score (nSPS) is 9.48. The second-order valence-electron chi connectivity index (χ2n) is 2.85. The molecule has 6 N–H and O–H groups in total. The molecule has 3 aromatic rings. The third-order valence-electron chi connectivity index (χ3n) is 1.47. The molecule has 0 unspecified atom stereocenters. The summed E-state index contributed by atoms with van der Waals surface area (Å²) >= 11 is 23.5. The minimum atomic E-state index is 0.683. The van der Waals surface area contributed by atoms with Gasteiger partial charge in [-0.2, -0.15) is 10.2 Å². The molecule has 0 spiro atoms. The zero-order valence-electron chi connectivity index (χ0n) is 10.5. The lowest BCUT2D eigenvalue weighted by Gasteiger charge is -1.87. The summed E-state index contributed by atoms with van der Waals surface area (Å²) in [5.41, 5.74) is 0. The van der Waals surface area contributed by atoms with E-state index in [4.69, 9.17) is 59.4 Å². The molecule has 0 amide bonds. The quantitative estimate of drug-likeness (QED) is 0.125. The molecule has 126 valence electrons. The summed E-state index contributed by atoms with van der Waals surface area (Å²) in [4.78, 5) is 0. The topological polar surface area (TPSA) is 129 Å². The van der Waals surface area contributed by atoms with E-state index in [-0.39, 0.29) is 0 Å². The molecule has 0 aliphatic heterocycles. The summed E-state index contributed by atoms with van der Waals surface area (Å²) in [5.74, 6) is 0. The maximum Gasteiger partial charge on any atom is 0.183 e. The van der Waals surface area contributed by atoms with E-state index in [9.17, 15) is 0 Å². The average Bonchev–Trinajstić information content (AvgIpc) is 3.23. The van der Waals surface area contributed by atoms with Crippen molar-refractivity contribution in [1.82, 2.24) is 30.6 Å². The maximum atomic E-state index is 6.00. The van der Waals surface area contributed by atoms with E-state index in [1.807, 2.05) is 0 Å². The first-order valence-corrected chi connectivity index (χ1v) is 11.2. The number of hydrogen-bond donors (Lipinski definition) is 6. The first kappa shape index (κ1) is 21.2. The molecule has 0 bridgehead atoms. The Balaban J connectivity index is 0.000000247. The van der Waals surface area contributed by atoms with Crippen LogP contribution in [0.2, 0.25) is 0 Å². The van der Waals surface area contributed by atoms with Crippen LogP contribution in [-0.2, 0) is 0 Å². The lowest BCUT2D eigenvalue weighted by Crippen LogP contribution is -1.68. The molecule has 0 radical (unpaired) electrons. The van der Waals surface area contributed by atoms with E-state index in [1.165, 1.54) is 55.6 Å². The van der Waals surface area contributed by atoms with Gasteiger partial charge in [0.1, 0.15) is 0 Å². The van der Waals surface area contributed by atoms with Gasteiger partial charge >= 0.3 is 0 Å². The van der Waals surface area contributed by atoms with Crippen molar-refractivity contribution in [3.8, 4) is 0 Å². The third-order valence-corrected chi connectivity index (χ3v) is 7.90. The molecule has 0 saturated heterocycles. The molecular formula is C6H6N6O2S9. The highest BCUT2D eigenvalue weighted by Crippen LogP contribution is 2.38. The van der Waals surface area contributed by atoms with Crippen LogP contribution in [0.4, 0.5) is 0 Å². The van der Waals surface area contributed by atoms with Gasteiger partial charge in [0.15, 0.2) is 24.5 Å². The van der Waals surface area contributed by atoms with E-state index in [2.05, 4.69) is 30.6 Å². The molecular weight excluding hydrogens is 477 g/mol. The summed E-state index contributed by atoms with van der Waals surface area (Å²) in [6, 6.07) is 0. The number of nitrogens with zero attached hydrogens (tertiary/aromatic N) is 2. The Labute approximate surface area is 168 Å². The lowest BCUT2D eigenvalue weighted by atomic mass is 11.6. The molecule has 0 aromatic carbocycles. The number of aromatic nitrogens is 6. The van der Waals surface area contributed by atoms with Gasteiger partial charge in [0.25, 0.3) is 0 Å². The van der Waals surface area contributed by atoms with Crippen LogP contribution < -0.4 is 0 Å². The van der Waals surface area contributed by atoms with Crippen LogP contribution in [0.25, 0.3) is 0 Å². The molecule has 3 heterocycles. The largest absolute Gasteiger partial charge is 0.281 e. The average molecular weight is 483 g/mol. The molecule has 8 nitrogen and oxygen atoms in total. The lowest BCUT2D eigenvalue weighted by molar-refractivity contribution is -0.176. The Bertz CT molecular complexity index is 837. The second-order valence-corrected chi connectivity index (χ2v) is 11.2. The third kappa shape index (κ3) is 8.72. The van der Waals surface area contributed by atoms with Crippen LogP contribution in [0.15, 0.2) is 8.68 Å². The predicted octanol–water partition coefficient (Wildman–Crippen LogP) is 5.39. The predicted molar refractivity (Wildman–Crippen MR) is 106 cm³/mol. The fraction of sp³-hybridized carbons (Fsp3) is 0. The van der Waals surface area contributed by atoms with Crippen molar-refractivity contribution in [3.05, 3.63) is 15.8 Å². The molecule has 0 fully saturated rings. The Kier molecular flexibility index (Phi) is 10.8. The fourth-order valence-electron chi connectivity index (χ4n) is 0.812. The van der Waals surface area contributed by atoms with E-state index in [1.54, 1.807) is 0 Å². The van der Waals surface area contributed by atoms with Gasteiger partial charge in [0, 0.05) is 0 Å². The zero-order chi connectivity index (χ0) is 17.2. The second kappa shape index (κ2) is 11.7. The van der Waals surface area contributed by atoms with E-state index in [0.717, 1.165) is 8.68 Å². The van der Waals surface area contributed by atoms with Crippen molar-refractivity contribution in [2.24, 2.45) is 0 Å².